The van der Waals surface area contributed by atoms with Gasteiger partial charge >= 0.3 is 18.3 Å². The fraction of sp³-hybridized carbons (Fsp3) is 0.270. The molecule has 0 bridgehead atoms. The minimum Gasteiger partial charge on any atom is -0.489 e. The molecule has 0 spiro atoms. The van der Waals surface area contributed by atoms with Crippen molar-refractivity contribution in [2.24, 2.45) is 5.73 Å². The Morgan fingerprint density at radius 2 is 1.28 bits per heavy atom. The Bertz CT molecular complexity index is 1770. The maximum atomic E-state index is 14.0. The van der Waals surface area contributed by atoms with Crippen molar-refractivity contribution in [3.63, 3.8) is 0 Å². The lowest BCUT2D eigenvalue weighted by Crippen LogP contribution is -2.57. The number of amides is 2. The monoisotopic (exact) mass is 700 g/mol. The number of ether oxygens (including phenoxy) is 1. The molecule has 50 heavy (non-hydrogen) atoms. The fourth-order valence-electron chi connectivity index (χ4n) is 5.58. The third-order valence-electron chi connectivity index (χ3n) is 8.00. The van der Waals surface area contributed by atoms with Crippen molar-refractivity contribution in [2.75, 3.05) is 0 Å². The summed E-state index contributed by atoms with van der Waals surface area (Å²) >= 11 is 0. The number of carbonyl (C=O) groups is 3. The van der Waals surface area contributed by atoms with E-state index in [2.05, 4.69) is 0 Å². The number of primary amides is 1. The summed E-state index contributed by atoms with van der Waals surface area (Å²) in [5.74, 6) is -3.13. The molecule has 0 aliphatic heterocycles. The Kier molecular flexibility index (Phi) is 11.3. The van der Waals surface area contributed by atoms with E-state index >= 15 is 0 Å². The number of carboxylic acids is 1. The summed E-state index contributed by atoms with van der Waals surface area (Å²) in [6.07, 6.45) is -10.1. The number of carbonyl (C=O) groups excluding carboxylic acids is 2. The number of carboxylic acid groups (broad SMARTS) is 1. The summed E-state index contributed by atoms with van der Waals surface area (Å²) in [6, 6.07) is 21.8. The van der Waals surface area contributed by atoms with Crippen LogP contribution in [0, 0.1) is 0 Å². The quantitative estimate of drug-likeness (QED) is 0.137. The Labute approximate surface area is 284 Å². The van der Waals surface area contributed by atoms with E-state index in [-0.39, 0.29) is 31.1 Å². The summed E-state index contributed by atoms with van der Waals surface area (Å²) in [5, 5.41) is 10.1. The SMILES string of the molecule is CC(C)(Cc1ccccc1)N(C(=O)c1ccc(-c2ccc(COc3cc(C(F)(F)F)cc(C(F)(F)F)c3)cc2)cc1)[C@@H](CCC(N)=O)C(=O)O. The van der Waals surface area contributed by atoms with E-state index in [1.54, 1.807) is 62.4 Å². The van der Waals surface area contributed by atoms with Gasteiger partial charge in [0.05, 0.1) is 11.1 Å². The van der Waals surface area contributed by atoms with Crippen LogP contribution in [0.25, 0.3) is 11.1 Å². The van der Waals surface area contributed by atoms with E-state index in [9.17, 15) is 45.8 Å². The number of aliphatic carboxylic acids is 1. The number of halogens is 6. The molecule has 1 atom stereocenters. The van der Waals surface area contributed by atoms with Crippen molar-refractivity contribution in [3.8, 4) is 16.9 Å². The summed E-state index contributed by atoms with van der Waals surface area (Å²) in [4.78, 5) is 39.3. The van der Waals surface area contributed by atoms with Gasteiger partial charge in [-0.1, -0.05) is 66.7 Å². The molecule has 2 amide bonds. The third-order valence-corrected chi connectivity index (χ3v) is 8.00. The van der Waals surface area contributed by atoms with Crippen molar-refractivity contribution >= 4 is 17.8 Å². The highest BCUT2D eigenvalue weighted by Crippen LogP contribution is 2.38. The second-order valence-electron chi connectivity index (χ2n) is 12.3. The van der Waals surface area contributed by atoms with Crippen LogP contribution in [0.4, 0.5) is 26.3 Å². The van der Waals surface area contributed by atoms with Crippen LogP contribution in [0.15, 0.2) is 97.1 Å². The van der Waals surface area contributed by atoms with E-state index in [1.807, 2.05) is 30.3 Å². The highest BCUT2D eigenvalue weighted by atomic mass is 19.4. The average Bonchev–Trinajstić information content (AvgIpc) is 3.04. The first-order chi connectivity index (χ1) is 23.3. The molecule has 0 saturated carbocycles. The van der Waals surface area contributed by atoms with Gasteiger partial charge in [-0.15, -0.1) is 0 Å². The normalized spacial score (nSPS) is 12.6. The van der Waals surface area contributed by atoms with Gasteiger partial charge in [-0.3, -0.25) is 9.59 Å². The molecule has 4 rings (SSSR count). The van der Waals surface area contributed by atoms with Gasteiger partial charge in [-0.25, -0.2) is 4.79 Å². The van der Waals surface area contributed by atoms with Crippen LogP contribution in [-0.4, -0.2) is 39.4 Å². The van der Waals surface area contributed by atoms with E-state index in [4.69, 9.17) is 10.5 Å². The molecule has 4 aromatic carbocycles. The van der Waals surface area contributed by atoms with Gasteiger partial charge in [0, 0.05) is 17.5 Å². The van der Waals surface area contributed by atoms with Gasteiger partial charge in [0.1, 0.15) is 18.4 Å². The molecular weight excluding hydrogens is 666 g/mol. The molecule has 13 heteroatoms. The second kappa shape index (κ2) is 15.1. The lowest BCUT2D eigenvalue weighted by Gasteiger charge is -2.42. The van der Waals surface area contributed by atoms with Gasteiger partial charge in [-0.05, 0) is 79.3 Å². The number of hydrogen-bond acceptors (Lipinski definition) is 4. The average molecular weight is 701 g/mol. The molecule has 0 aliphatic carbocycles. The van der Waals surface area contributed by atoms with Crippen molar-refractivity contribution in [1.29, 1.82) is 0 Å². The number of alkyl halides is 6. The van der Waals surface area contributed by atoms with Crippen LogP contribution in [0.2, 0.25) is 0 Å². The molecule has 0 aromatic heterocycles. The molecule has 0 fully saturated rings. The summed E-state index contributed by atoms with van der Waals surface area (Å²) in [7, 11) is 0. The van der Waals surface area contributed by atoms with Crippen LogP contribution >= 0.6 is 0 Å². The predicted octanol–water partition coefficient (Wildman–Crippen LogP) is 8.15. The zero-order valence-electron chi connectivity index (χ0n) is 27.0. The first kappa shape index (κ1) is 37.5. The highest BCUT2D eigenvalue weighted by Gasteiger charge is 2.41. The largest absolute Gasteiger partial charge is 0.489 e. The highest BCUT2D eigenvalue weighted by molar-refractivity contribution is 5.97. The lowest BCUT2D eigenvalue weighted by molar-refractivity contribution is -0.145. The van der Waals surface area contributed by atoms with Gasteiger partial charge in [0.25, 0.3) is 5.91 Å². The van der Waals surface area contributed by atoms with E-state index < -0.39 is 58.6 Å². The first-order valence-corrected chi connectivity index (χ1v) is 15.4. The fourth-order valence-corrected chi connectivity index (χ4v) is 5.58. The number of hydrogen-bond donors (Lipinski definition) is 2. The topological polar surface area (TPSA) is 110 Å². The maximum Gasteiger partial charge on any atom is 0.416 e. The Morgan fingerprint density at radius 3 is 1.76 bits per heavy atom. The molecule has 3 N–H and O–H groups in total. The van der Waals surface area contributed by atoms with E-state index in [0.29, 0.717) is 35.2 Å². The number of rotatable bonds is 13. The Hall–Kier alpha value is -5.33. The van der Waals surface area contributed by atoms with Crippen LogP contribution in [-0.2, 0) is 35.0 Å². The molecule has 7 nitrogen and oxygen atoms in total. The minimum atomic E-state index is -5.00. The molecule has 0 saturated heterocycles. The third kappa shape index (κ3) is 9.64. The molecule has 0 unspecified atom stereocenters. The minimum absolute atomic E-state index is 0.0260. The number of nitrogens with two attached hydrogens (primary N) is 1. The van der Waals surface area contributed by atoms with Crippen LogP contribution < -0.4 is 10.5 Å². The van der Waals surface area contributed by atoms with Crippen molar-refractivity contribution in [2.45, 2.75) is 63.7 Å². The predicted molar refractivity (Wildman–Crippen MR) is 173 cm³/mol. The summed E-state index contributed by atoms with van der Waals surface area (Å²) in [5.41, 5.74) is 4.23. The zero-order valence-corrected chi connectivity index (χ0v) is 27.0. The number of benzene rings is 4. The van der Waals surface area contributed by atoms with Gasteiger partial charge < -0.3 is 20.5 Å². The Balaban J connectivity index is 1.54. The first-order valence-electron chi connectivity index (χ1n) is 15.4. The van der Waals surface area contributed by atoms with E-state index in [0.717, 1.165) is 5.56 Å². The van der Waals surface area contributed by atoms with Gasteiger partial charge in [-0.2, -0.15) is 26.3 Å². The van der Waals surface area contributed by atoms with Gasteiger partial charge in [0.15, 0.2) is 0 Å². The standard InChI is InChI=1S/C37H34F6N2O5/c1-35(2,21-23-6-4-3-5-7-23)45(31(34(48)49)16-17-32(44)46)33(47)27-14-12-26(13-15-27)25-10-8-24(9-11-25)22-50-30-19-28(36(38,39)40)18-29(20-30)37(41,42)43/h3-15,18-20,31H,16-17,21-22H2,1-2H3,(H2,44,46)(H,48,49)/t31-/m0/s1. The van der Waals surface area contributed by atoms with Crippen molar-refractivity contribution in [3.05, 3.63) is 125 Å². The van der Waals surface area contributed by atoms with Crippen LogP contribution in [0.1, 0.15) is 59.3 Å². The number of nitrogens with zero attached hydrogens (tertiary/aromatic N) is 1. The molecule has 0 aliphatic rings. The molecule has 0 radical (unpaired) electrons. The second-order valence-corrected chi connectivity index (χ2v) is 12.3. The summed E-state index contributed by atoms with van der Waals surface area (Å²) in [6.45, 7) is 3.20. The molecule has 4 aromatic rings. The molecule has 264 valence electrons. The zero-order chi connectivity index (χ0) is 36.9. The van der Waals surface area contributed by atoms with E-state index in [1.165, 1.54) is 4.90 Å². The lowest BCUT2D eigenvalue weighted by atomic mass is 9.89. The maximum absolute atomic E-state index is 14.0. The van der Waals surface area contributed by atoms with Crippen LogP contribution in [0.3, 0.4) is 0 Å². The van der Waals surface area contributed by atoms with Crippen molar-refractivity contribution < 1.29 is 50.6 Å². The smallest absolute Gasteiger partial charge is 0.416 e. The van der Waals surface area contributed by atoms with Crippen molar-refractivity contribution in [1.82, 2.24) is 4.90 Å². The summed E-state index contributed by atoms with van der Waals surface area (Å²) < 4.78 is 84.4. The van der Waals surface area contributed by atoms with Gasteiger partial charge in [0.2, 0.25) is 5.91 Å². The Morgan fingerprint density at radius 1 is 0.760 bits per heavy atom. The van der Waals surface area contributed by atoms with Crippen LogP contribution in [0.5, 0.6) is 5.75 Å². The molecule has 0 heterocycles. The molecular formula is C37H34F6N2O5.